The van der Waals surface area contributed by atoms with Crippen LogP contribution in [0.1, 0.15) is 38.3 Å². The second kappa shape index (κ2) is 6.60. The third-order valence-electron chi connectivity index (χ3n) is 3.52. The Morgan fingerprint density at radius 1 is 1.22 bits per heavy atom. The van der Waals surface area contributed by atoms with Crippen LogP contribution in [0.5, 0.6) is 0 Å². The van der Waals surface area contributed by atoms with Gasteiger partial charge in [-0.3, -0.25) is 0 Å². The molecule has 18 heavy (non-hydrogen) atoms. The molecule has 1 aliphatic heterocycles. The first kappa shape index (κ1) is 13.2. The normalized spacial score (nSPS) is 16.9. The monoisotopic (exact) mass is 244 g/mol. The fourth-order valence-corrected chi connectivity index (χ4v) is 2.33. The van der Waals surface area contributed by atoms with Gasteiger partial charge in [-0.2, -0.15) is 0 Å². The van der Waals surface area contributed by atoms with Gasteiger partial charge in [0.05, 0.1) is 0 Å². The molecule has 0 radical (unpaired) electrons. The van der Waals surface area contributed by atoms with Gasteiger partial charge in [-0.25, -0.2) is 0 Å². The first-order valence-corrected chi connectivity index (χ1v) is 7.04. The maximum Gasteiger partial charge on any atom is 0.0369 e. The summed E-state index contributed by atoms with van der Waals surface area (Å²) in [5.74, 6) is 0. The van der Waals surface area contributed by atoms with E-state index in [1.807, 2.05) is 0 Å². The maximum absolute atomic E-state index is 3.52. The van der Waals surface area contributed by atoms with Gasteiger partial charge < -0.3 is 10.2 Å². The summed E-state index contributed by atoms with van der Waals surface area (Å²) < 4.78 is 0. The molecule has 1 atom stereocenters. The first-order valence-electron chi connectivity index (χ1n) is 7.04. The molecular formula is C16H24N2. The molecule has 0 fully saturated rings. The summed E-state index contributed by atoms with van der Waals surface area (Å²) in [7, 11) is 0. The number of rotatable bonds is 5. The summed E-state index contributed by atoms with van der Waals surface area (Å²) in [6.45, 7) is 7.70. The van der Waals surface area contributed by atoms with Gasteiger partial charge in [0.2, 0.25) is 0 Å². The van der Waals surface area contributed by atoms with E-state index in [0.29, 0.717) is 6.04 Å². The van der Waals surface area contributed by atoms with Crippen molar-refractivity contribution >= 4 is 5.69 Å². The van der Waals surface area contributed by atoms with Gasteiger partial charge in [-0.05, 0) is 44.0 Å². The Labute approximate surface area is 111 Å². The van der Waals surface area contributed by atoms with Crippen molar-refractivity contribution in [3.63, 3.8) is 0 Å². The molecule has 0 amide bonds. The number of nitrogens with zero attached hydrogens (tertiary/aromatic N) is 1. The molecule has 0 aliphatic carbocycles. The highest BCUT2D eigenvalue weighted by molar-refractivity contribution is 5.49. The van der Waals surface area contributed by atoms with Gasteiger partial charge in [-0.15, -0.1) is 0 Å². The molecule has 1 aromatic carbocycles. The average Bonchev–Trinajstić information content (AvgIpc) is 2.46. The molecule has 0 aromatic heterocycles. The summed E-state index contributed by atoms with van der Waals surface area (Å²) in [6.07, 6.45) is 6.86. The van der Waals surface area contributed by atoms with E-state index in [0.717, 1.165) is 26.1 Å². The van der Waals surface area contributed by atoms with Gasteiger partial charge in [0.15, 0.2) is 0 Å². The minimum atomic E-state index is 0.445. The van der Waals surface area contributed by atoms with Crippen molar-refractivity contribution in [1.82, 2.24) is 5.32 Å². The number of hydrogen-bond donors (Lipinski definition) is 1. The zero-order valence-electron chi connectivity index (χ0n) is 11.5. The number of anilines is 1. The topological polar surface area (TPSA) is 15.3 Å². The fourth-order valence-electron chi connectivity index (χ4n) is 2.33. The van der Waals surface area contributed by atoms with Crippen LogP contribution in [0.15, 0.2) is 36.4 Å². The Bertz CT molecular complexity index is 381. The predicted octanol–water partition coefficient (Wildman–Crippen LogP) is 3.51. The Hall–Kier alpha value is -1.28. The maximum atomic E-state index is 3.52. The minimum Gasteiger partial charge on any atom is -0.368 e. The van der Waals surface area contributed by atoms with Crippen molar-refractivity contribution < 1.29 is 0 Å². The summed E-state index contributed by atoms with van der Waals surface area (Å²) >= 11 is 0. The molecule has 0 spiro atoms. The predicted molar refractivity (Wildman–Crippen MR) is 79.1 cm³/mol. The van der Waals surface area contributed by atoms with Gasteiger partial charge >= 0.3 is 0 Å². The molecule has 1 heterocycles. The van der Waals surface area contributed by atoms with Gasteiger partial charge in [0.1, 0.15) is 0 Å². The highest BCUT2D eigenvalue weighted by Crippen LogP contribution is 2.20. The lowest BCUT2D eigenvalue weighted by Crippen LogP contribution is -2.26. The SMILES string of the molecule is CCCNC(C)c1ccc(N2CC=CCC2)cc1. The summed E-state index contributed by atoms with van der Waals surface area (Å²) in [5, 5.41) is 3.52. The molecule has 1 N–H and O–H groups in total. The first-order chi connectivity index (χ1) is 8.81. The Morgan fingerprint density at radius 2 is 2.00 bits per heavy atom. The molecule has 0 saturated carbocycles. The van der Waals surface area contributed by atoms with Gasteiger partial charge in [0.25, 0.3) is 0 Å². The van der Waals surface area contributed by atoms with E-state index in [1.165, 1.54) is 17.7 Å². The van der Waals surface area contributed by atoms with Crippen LogP contribution in [0.3, 0.4) is 0 Å². The Morgan fingerprint density at radius 3 is 2.61 bits per heavy atom. The molecule has 1 aromatic rings. The zero-order valence-corrected chi connectivity index (χ0v) is 11.5. The van der Waals surface area contributed by atoms with E-state index < -0.39 is 0 Å². The van der Waals surface area contributed by atoms with Gasteiger partial charge in [-0.1, -0.05) is 31.2 Å². The van der Waals surface area contributed by atoms with E-state index in [-0.39, 0.29) is 0 Å². The highest BCUT2D eigenvalue weighted by Gasteiger charge is 2.08. The van der Waals surface area contributed by atoms with Crippen LogP contribution < -0.4 is 10.2 Å². The van der Waals surface area contributed by atoms with Crippen LogP contribution in [0.25, 0.3) is 0 Å². The molecule has 2 heteroatoms. The molecule has 98 valence electrons. The van der Waals surface area contributed by atoms with Crippen molar-refractivity contribution in [2.75, 3.05) is 24.5 Å². The highest BCUT2D eigenvalue weighted by atomic mass is 15.1. The van der Waals surface area contributed by atoms with E-state index in [2.05, 4.69) is 60.5 Å². The molecule has 1 aliphatic rings. The van der Waals surface area contributed by atoms with Crippen LogP contribution in [-0.2, 0) is 0 Å². The third-order valence-corrected chi connectivity index (χ3v) is 3.52. The zero-order chi connectivity index (χ0) is 12.8. The van der Waals surface area contributed by atoms with Crippen LogP contribution in [0.2, 0.25) is 0 Å². The van der Waals surface area contributed by atoms with E-state index >= 15 is 0 Å². The van der Waals surface area contributed by atoms with Crippen LogP contribution in [-0.4, -0.2) is 19.6 Å². The quantitative estimate of drug-likeness (QED) is 0.797. The smallest absolute Gasteiger partial charge is 0.0369 e. The van der Waals surface area contributed by atoms with Crippen LogP contribution in [0, 0.1) is 0 Å². The average molecular weight is 244 g/mol. The van der Waals surface area contributed by atoms with Crippen molar-refractivity contribution in [3.05, 3.63) is 42.0 Å². The second-order valence-electron chi connectivity index (χ2n) is 4.97. The second-order valence-corrected chi connectivity index (χ2v) is 4.97. The lowest BCUT2D eigenvalue weighted by Gasteiger charge is -2.26. The number of benzene rings is 1. The minimum absolute atomic E-state index is 0.445. The molecule has 2 nitrogen and oxygen atoms in total. The number of hydrogen-bond acceptors (Lipinski definition) is 2. The Balaban J connectivity index is 1.98. The van der Waals surface area contributed by atoms with E-state index in [9.17, 15) is 0 Å². The van der Waals surface area contributed by atoms with Crippen molar-refractivity contribution in [3.8, 4) is 0 Å². The summed E-state index contributed by atoms with van der Waals surface area (Å²) in [5.41, 5.74) is 2.71. The summed E-state index contributed by atoms with van der Waals surface area (Å²) in [6, 6.07) is 9.44. The third kappa shape index (κ3) is 3.36. The fraction of sp³-hybridized carbons (Fsp3) is 0.500. The van der Waals surface area contributed by atoms with Crippen LogP contribution >= 0.6 is 0 Å². The van der Waals surface area contributed by atoms with Gasteiger partial charge in [0, 0.05) is 24.8 Å². The summed E-state index contributed by atoms with van der Waals surface area (Å²) in [4.78, 5) is 2.42. The van der Waals surface area contributed by atoms with Crippen LogP contribution in [0.4, 0.5) is 5.69 Å². The molecule has 0 bridgehead atoms. The van der Waals surface area contributed by atoms with E-state index in [1.54, 1.807) is 0 Å². The van der Waals surface area contributed by atoms with Crippen molar-refractivity contribution in [1.29, 1.82) is 0 Å². The van der Waals surface area contributed by atoms with E-state index in [4.69, 9.17) is 0 Å². The lowest BCUT2D eigenvalue weighted by molar-refractivity contribution is 0.570. The number of nitrogens with one attached hydrogen (secondary N) is 1. The Kier molecular flexibility index (Phi) is 4.82. The largest absolute Gasteiger partial charge is 0.368 e. The van der Waals surface area contributed by atoms with Crippen molar-refractivity contribution in [2.45, 2.75) is 32.7 Å². The standard InChI is InChI=1S/C16H24N2/c1-3-11-17-14(2)15-7-9-16(10-8-15)18-12-5-4-6-13-18/h4-5,7-10,14,17H,3,6,11-13H2,1-2H3. The molecular weight excluding hydrogens is 220 g/mol. The molecule has 1 unspecified atom stereocenters. The molecule has 0 saturated heterocycles. The van der Waals surface area contributed by atoms with Crippen molar-refractivity contribution in [2.24, 2.45) is 0 Å². The lowest BCUT2D eigenvalue weighted by atomic mass is 10.1. The molecule has 2 rings (SSSR count).